The first-order valence-electron chi connectivity index (χ1n) is 19.3. The summed E-state index contributed by atoms with van der Waals surface area (Å²) in [5.74, 6) is -101. The van der Waals surface area contributed by atoms with Crippen molar-refractivity contribution in [1.82, 2.24) is 0 Å². The Hall–Kier alpha value is -5.22. The maximum Gasteiger partial charge on any atom is 2.00 e. The molecule has 77 heavy (non-hydrogen) atoms. The summed E-state index contributed by atoms with van der Waals surface area (Å²) in [6.07, 6.45) is 20.0. The predicted molar refractivity (Wildman–Crippen MR) is 210 cm³/mol. The Morgan fingerprint density at radius 2 is 0.273 bits per heavy atom. The predicted octanol–water partition coefficient (Wildman–Crippen LogP) is 13.9. The summed E-state index contributed by atoms with van der Waals surface area (Å²) in [6.45, 7) is 0. The maximum absolute atomic E-state index is 19.3. The minimum absolute atomic E-state index is 0. The van der Waals surface area contributed by atoms with Gasteiger partial charge in [-0.3, -0.25) is 0 Å². The van der Waals surface area contributed by atoms with Crippen molar-refractivity contribution in [3.05, 3.63) is 229 Å². The minimum Gasteiger partial charge on any atom is -0.581 e. The molecule has 10 radical (unpaired) electrons. The van der Waals surface area contributed by atoms with Gasteiger partial charge in [0.1, 0.15) is 17.5 Å². The Morgan fingerprint density at radius 1 is 0.169 bits per heavy atom. The molecule has 0 aromatic heterocycles. The Labute approximate surface area is 435 Å². The van der Waals surface area contributed by atoms with Crippen molar-refractivity contribution in [2.24, 2.45) is 0 Å². The van der Waals surface area contributed by atoms with Crippen LogP contribution in [0, 0.1) is 229 Å². The Morgan fingerprint density at radius 3 is 0.416 bits per heavy atom. The van der Waals surface area contributed by atoms with E-state index in [4.69, 9.17) is 0 Å². The van der Waals surface area contributed by atoms with Crippen molar-refractivity contribution in [2.45, 2.75) is 0 Å². The van der Waals surface area contributed by atoms with E-state index >= 15 is 82.6 Å². The van der Waals surface area contributed by atoms with Gasteiger partial charge >= 0.3 is 39.7 Å². The smallest absolute Gasteiger partial charge is 0.581 e. The topological polar surface area (TPSA) is 0 Å². The van der Waals surface area contributed by atoms with Gasteiger partial charge in [-0.15, -0.1) is 13.3 Å². The van der Waals surface area contributed by atoms with Crippen molar-refractivity contribution < 1.29 is 148 Å². The van der Waals surface area contributed by atoms with E-state index < -0.39 is 217 Å². The van der Waals surface area contributed by atoms with E-state index in [0.29, 0.717) is 0 Å². The Kier molecular flexibility index (Phi) is 20.4. The van der Waals surface area contributed by atoms with Crippen molar-refractivity contribution in [3.8, 4) is 33.4 Å². The van der Waals surface area contributed by atoms with Gasteiger partial charge in [0, 0.05) is 0 Å². The van der Waals surface area contributed by atoms with E-state index in [9.17, 15) is 39.5 Å². The SMILES string of the molecule is Fc1c(F)c(F)c(-c2c(F)c(F)c(F)c(F)[c]2[Al-]([F])([c]2c(F)c(F)c(F)c(F)c2-c2c(F)c(F)c(F)c(F)c2F)[c]2c(F)c(F)c(F)c(F)c2-c2c(F)c(F)c(F)c(F)c2F)c(F)c1F.[CH3-].[CH]1[CH][CH][CH][CH]1.[CH]1[CH][CH][CH][CH]1.[Zr+2]. The molecule has 2 saturated carbocycles. The molecule has 0 saturated heterocycles. The standard InChI is InChI=1S/3C12F9.2C5H5.CH3.Al.FH.Zr/c3*13-3-1-2(5(14)9(18)6(3)15)4-7(16)10(19)12(21)11(20)8(4)17;2*1-2-4-5-3-1;;;;/h;;;2*1-5H;1H3;;1H;/q;;;;;-1;;;+2/p-1. The second-order valence-electron chi connectivity index (χ2n) is 14.7. The van der Waals surface area contributed by atoms with E-state index in [1.165, 1.54) is 0 Å². The van der Waals surface area contributed by atoms with Crippen LogP contribution >= 0.6 is 0 Å². The molecule has 6 aromatic carbocycles. The molecule has 0 nitrogen and oxygen atoms in total. The quantitative estimate of drug-likeness (QED) is 0.0513. The molecule has 30 heteroatoms. The molecule has 8 rings (SSSR count). The summed E-state index contributed by atoms with van der Waals surface area (Å²) in [6, 6.07) is 0. The Bertz CT molecular complexity index is 2890. The molecule has 0 bridgehead atoms. The summed E-state index contributed by atoms with van der Waals surface area (Å²) < 4.78 is 418. The van der Waals surface area contributed by atoms with Crippen LogP contribution in [0.2, 0.25) is 0 Å². The van der Waals surface area contributed by atoms with E-state index in [1.54, 1.807) is 0 Å². The van der Waals surface area contributed by atoms with Crippen LogP contribution in [0.1, 0.15) is 0 Å². The van der Waals surface area contributed by atoms with Crippen LogP contribution in [0.15, 0.2) is 0 Å². The molecular formula is C47H13AlF28Zr. The van der Waals surface area contributed by atoms with Crippen LogP contribution in [-0.4, -0.2) is 13.5 Å². The van der Waals surface area contributed by atoms with E-state index in [0.717, 1.165) is 0 Å². The van der Waals surface area contributed by atoms with Gasteiger partial charge in [0.25, 0.3) is 0 Å². The van der Waals surface area contributed by atoms with Gasteiger partial charge in [0.05, 0.1) is 16.7 Å². The number of rotatable bonds is 6. The monoisotopic (exact) mass is 1230 g/mol. The number of halogens is 28. The van der Waals surface area contributed by atoms with Crippen LogP contribution in [-0.2, 0) is 26.2 Å². The van der Waals surface area contributed by atoms with Gasteiger partial charge in [0.15, 0.2) is 122 Å². The third-order valence-corrected chi connectivity index (χ3v) is 14.6. The molecule has 2 aliphatic carbocycles. The molecule has 6 aromatic rings. The van der Waals surface area contributed by atoms with E-state index in [-0.39, 0.29) is 33.6 Å². The van der Waals surface area contributed by atoms with E-state index in [1.807, 2.05) is 64.2 Å². The zero-order valence-corrected chi connectivity index (χ0v) is 40.0. The second kappa shape index (κ2) is 24.4. The van der Waals surface area contributed by atoms with Gasteiger partial charge in [-0.05, 0) is 80.9 Å². The Balaban J connectivity index is 0.000000956. The number of benzene rings is 6. The average molecular weight is 1230 g/mol. The first-order valence-corrected chi connectivity index (χ1v) is 21.4. The first-order chi connectivity index (χ1) is 35.0. The van der Waals surface area contributed by atoms with Crippen molar-refractivity contribution in [3.63, 3.8) is 0 Å². The van der Waals surface area contributed by atoms with Crippen LogP contribution < -0.4 is 13.3 Å². The molecule has 2 fully saturated rings. The molecule has 0 aliphatic heterocycles. The fourth-order valence-corrected chi connectivity index (χ4v) is 11.6. The van der Waals surface area contributed by atoms with Crippen molar-refractivity contribution in [1.29, 1.82) is 0 Å². The summed E-state index contributed by atoms with van der Waals surface area (Å²) in [5, 5.41) is 0. The first kappa shape index (κ1) is 64.3. The largest absolute Gasteiger partial charge is 2.00 e. The maximum atomic E-state index is 19.3. The average Bonchev–Trinajstić information content (AvgIpc) is 4.19. The van der Waals surface area contributed by atoms with Crippen molar-refractivity contribution >= 4 is 26.8 Å². The van der Waals surface area contributed by atoms with Gasteiger partial charge in [-0.1, -0.05) is 0 Å². The minimum atomic E-state index is -10.3. The summed E-state index contributed by atoms with van der Waals surface area (Å²) in [4.78, 5) is 0. The fourth-order valence-electron chi connectivity index (χ4n) is 7.35. The number of hydrogen-bond acceptors (Lipinski definition) is 0. The second-order valence-corrected chi connectivity index (χ2v) is 17.9. The van der Waals surface area contributed by atoms with Gasteiger partial charge in [-0.2, -0.15) is 0 Å². The zero-order valence-electron chi connectivity index (χ0n) is 36.4. The fraction of sp³-hybridized carbons (Fsp3) is 0. The molecule has 0 spiro atoms. The summed E-state index contributed by atoms with van der Waals surface area (Å²) >= 11 is -10.3. The zero-order chi connectivity index (χ0) is 56.4. The third kappa shape index (κ3) is 10.5. The molecule has 0 heterocycles. The van der Waals surface area contributed by atoms with Gasteiger partial charge < -0.3 is 11.0 Å². The molecule has 0 atom stereocenters. The van der Waals surface area contributed by atoms with Crippen LogP contribution in [0.4, 0.5) is 122 Å². The van der Waals surface area contributed by atoms with Gasteiger partial charge in [0.2, 0.25) is 17.5 Å². The van der Waals surface area contributed by atoms with Crippen molar-refractivity contribution in [2.75, 3.05) is 0 Å². The summed E-state index contributed by atoms with van der Waals surface area (Å²) in [5.41, 5.74) is -21.8. The molecular weight excluding hydrogens is 1210 g/mol. The van der Waals surface area contributed by atoms with Gasteiger partial charge in [-0.25, -0.2) is 119 Å². The molecule has 404 valence electrons. The van der Waals surface area contributed by atoms with Crippen LogP contribution in [0.5, 0.6) is 0 Å². The van der Waals surface area contributed by atoms with Crippen LogP contribution in [0.25, 0.3) is 33.4 Å². The van der Waals surface area contributed by atoms with Crippen LogP contribution in [0.3, 0.4) is 0 Å². The molecule has 2 aliphatic rings. The summed E-state index contributed by atoms with van der Waals surface area (Å²) in [7, 11) is 0. The molecule has 0 amide bonds. The normalized spacial score (nSPS) is 13.2. The molecule has 0 unspecified atom stereocenters. The third-order valence-electron chi connectivity index (χ3n) is 10.6. The number of hydrogen-bond donors (Lipinski definition) is 0. The van der Waals surface area contributed by atoms with E-state index in [2.05, 4.69) is 0 Å². The molecule has 0 N–H and O–H groups in total.